The van der Waals surface area contributed by atoms with Crippen LogP contribution in [0.5, 0.6) is 0 Å². The Labute approximate surface area is 208 Å². The maximum Gasteiger partial charge on any atom is 0.262 e. The van der Waals surface area contributed by atoms with Gasteiger partial charge in [0.05, 0.1) is 6.04 Å². The minimum absolute atomic E-state index is 0.0607. The molecule has 2 N–H and O–H groups in total. The number of nitrogens with one attached hydrogen (secondary N) is 2. The number of piperidine rings is 1. The lowest BCUT2D eigenvalue weighted by Crippen LogP contribution is -2.33. The number of carbonyl (C=O) groups is 3. The first kappa shape index (κ1) is 24.3. The van der Waals surface area contributed by atoms with Crippen LogP contribution in [-0.4, -0.2) is 46.1 Å². The van der Waals surface area contributed by atoms with Crippen LogP contribution in [0.25, 0.3) is 0 Å². The molecule has 4 rings (SSSR count). The highest BCUT2D eigenvalue weighted by Gasteiger charge is 2.33. The zero-order valence-electron chi connectivity index (χ0n) is 18.9. The highest BCUT2D eigenvalue weighted by Crippen LogP contribution is 2.29. The van der Waals surface area contributed by atoms with Crippen molar-refractivity contribution in [1.82, 2.24) is 10.2 Å². The van der Waals surface area contributed by atoms with Crippen LogP contribution in [0.4, 0.5) is 5.69 Å². The first-order chi connectivity index (χ1) is 16.4. The Morgan fingerprint density at radius 1 is 1.09 bits per heavy atom. The normalized spacial score (nSPS) is 18.9. The lowest BCUT2D eigenvalue weighted by atomic mass is 10.1. The first-order valence-corrected chi connectivity index (χ1v) is 12.6. The van der Waals surface area contributed by atoms with Crippen molar-refractivity contribution < 1.29 is 14.4 Å². The van der Waals surface area contributed by atoms with E-state index in [1.54, 1.807) is 36.4 Å². The van der Waals surface area contributed by atoms with Crippen molar-refractivity contribution >= 4 is 51.9 Å². The van der Waals surface area contributed by atoms with Crippen LogP contribution >= 0.6 is 23.4 Å². The molecule has 2 aromatic rings. The zero-order chi connectivity index (χ0) is 24.1. The molecule has 2 aliphatic heterocycles. The van der Waals surface area contributed by atoms with Gasteiger partial charge in [0, 0.05) is 35.8 Å². The van der Waals surface area contributed by atoms with Gasteiger partial charge in [0.15, 0.2) is 5.17 Å². The molecule has 0 radical (unpaired) electrons. The molecule has 34 heavy (non-hydrogen) atoms. The van der Waals surface area contributed by atoms with Crippen molar-refractivity contribution in [1.29, 1.82) is 0 Å². The molecule has 2 atom stereocenters. The van der Waals surface area contributed by atoms with Crippen LogP contribution in [0, 0.1) is 0 Å². The number of anilines is 1. The average molecular weight is 499 g/mol. The number of hydrogen-bond donors (Lipinski definition) is 2. The van der Waals surface area contributed by atoms with Crippen LogP contribution in [0.2, 0.25) is 5.02 Å². The molecule has 0 spiro atoms. The molecule has 9 heteroatoms. The van der Waals surface area contributed by atoms with E-state index in [1.165, 1.54) is 18.2 Å². The summed E-state index contributed by atoms with van der Waals surface area (Å²) in [6, 6.07) is 13.8. The number of amides is 3. The van der Waals surface area contributed by atoms with Gasteiger partial charge in [-0.3, -0.25) is 14.4 Å². The Balaban J connectivity index is 1.27. The predicted octanol–water partition coefficient (Wildman–Crippen LogP) is 4.64. The molecule has 2 unspecified atom stereocenters. The summed E-state index contributed by atoms with van der Waals surface area (Å²) in [5, 5.41) is 6.65. The van der Waals surface area contributed by atoms with E-state index in [0.29, 0.717) is 16.3 Å². The van der Waals surface area contributed by atoms with Gasteiger partial charge in [-0.05, 0) is 68.1 Å². The molecule has 178 valence electrons. The van der Waals surface area contributed by atoms with E-state index in [-0.39, 0.29) is 30.2 Å². The number of halogens is 1. The number of benzene rings is 2. The van der Waals surface area contributed by atoms with Crippen LogP contribution in [-0.2, 0) is 9.59 Å². The summed E-state index contributed by atoms with van der Waals surface area (Å²) in [7, 11) is 0. The van der Waals surface area contributed by atoms with Crippen LogP contribution in [0.1, 0.15) is 54.6 Å². The van der Waals surface area contributed by atoms with Gasteiger partial charge in [-0.2, -0.15) is 4.99 Å². The Morgan fingerprint density at radius 2 is 1.76 bits per heavy atom. The molecule has 3 amide bonds. The number of likely N-dealkylation sites (tertiary alicyclic amines) is 1. The second kappa shape index (κ2) is 11.1. The molecule has 0 aliphatic carbocycles. The molecule has 2 heterocycles. The highest BCUT2D eigenvalue weighted by molar-refractivity contribution is 8.15. The Bertz CT molecular complexity index is 1080. The van der Waals surface area contributed by atoms with E-state index in [1.807, 2.05) is 19.1 Å². The standard InChI is InChI=1S/C25H27ClN4O3S/c1-16(17-5-9-19(26)10-6-17)27-23(32)18-7-11-20(12-8-18)28-22(31)15-21-24(33)29-25(34-21)30-13-3-2-4-14-30/h5-12,16,21H,2-4,13-15H2,1H3,(H,27,32)(H,28,31). The van der Waals surface area contributed by atoms with E-state index in [0.717, 1.165) is 36.7 Å². The van der Waals surface area contributed by atoms with Gasteiger partial charge < -0.3 is 15.5 Å². The number of rotatable bonds is 6. The summed E-state index contributed by atoms with van der Waals surface area (Å²) >= 11 is 7.30. The third-order valence-electron chi connectivity index (χ3n) is 5.87. The van der Waals surface area contributed by atoms with Crippen molar-refractivity contribution in [3.63, 3.8) is 0 Å². The van der Waals surface area contributed by atoms with E-state index >= 15 is 0 Å². The number of aliphatic imine (C=N–C) groups is 1. The average Bonchev–Trinajstić information content (AvgIpc) is 3.20. The summed E-state index contributed by atoms with van der Waals surface area (Å²) in [6.45, 7) is 3.73. The number of amidine groups is 1. The maximum atomic E-state index is 12.6. The Hall–Kier alpha value is -2.84. The van der Waals surface area contributed by atoms with Crippen molar-refractivity contribution in [3.05, 3.63) is 64.7 Å². The van der Waals surface area contributed by atoms with Crippen LogP contribution < -0.4 is 10.6 Å². The lowest BCUT2D eigenvalue weighted by Gasteiger charge is -2.27. The van der Waals surface area contributed by atoms with Crippen molar-refractivity contribution in [3.8, 4) is 0 Å². The Morgan fingerprint density at radius 3 is 2.44 bits per heavy atom. The third-order valence-corrected chi connectivity index (χ3v) is 7.34. The van der Waals surface area contributed by atoms with Crippen molar-refractivity contribution in [2.75, 3.05) is 18.4 Å². The second-order valence-electron chi connectivity index (χ2n) is 8.46. The third kappa shape index (κ3) is 6.18. The topological polar surface area (TPSA) is 90.9 Å². The SMILES string of the molecule is CC(NC(=O)c1ccc(NC(=O)CC2SC(N3CCCCC3)=NC2=O)cc1)c1ccc(Cl)cc1. The smallest absolute Gasteiger partial charge is 0.262 e. The number of nitrogens with zero attached hydrogens (tertiary/aromatic N) is 2. The molecule has 0 saturated carbocycles. The fraction of sp³-hybridized carbons (Fsp3) is 0.360. The number of thioether (sulfide) groups is 1. The second-order valence-corrected chi connectivity index (χ2v) is 10.1. The first-order valence-electron chi connectivity index (χ1n) is 11.4. The zero-order valence-corrected chi connectivity index (χ0v) is 20.5. The van der Waals surface area contributed by atoms with E-state index in [4.69, 9.17) is 11.6 Å². The molecule has 0 bridgehead atoms. The maximum absolute atomic E-state index is 12.6. The quantitative estimate of drug-likeness (QED) is 0.605. The monoisotopic (exact) mass is 498 g/mol. The molecule has 1 saturated heterocycles. The summed E-state index contributed by atoms with van der Waals surface area (Å²) in [5.41, 5.74) is 2.01. The summed E-state index contributed by atoms with van der Waals surface area (Å²) in [6.07, 6.45) is 3.47. The summed E-state index contributed by atoms with van der Waals surface area (Å²) in [4.78, 5) is 43.7. The van der Waals surface area contributed by atoms with E-state index in [9.17, 15) is 14.4 Å². The van der Waals surface area contributed by atoms with Gasteiger partial charge in [0.2, 0.25) is 5.91 Å². The van der Waals surface area contributed by atoms with E-state index in [2.05, 4.69) is 20.5 Å². The summed E-state index contributed by atoms with van der Waals surface area (Å²) < 4.78 is 0. The van der Waals surface area contributed by atoms with Gasteiger partial charge in [0.1, 0.15) is 5.25 Å². The minimum Gasteiger partial charge on any atom is -0.351 e. The molecular weight excluding hydrogens is 472 g/mol. The molecule has 2 aromatic carbocycles. The van der Waals surface area contributed by atoms with Crippen LogP contribution in [0.3, 0.4) is 0 Å². The largest absolute Gasteiger partial charge is 0.351 e. The molecule has 7 nitrogen and oxygen atoms in total. The number of hydrogen-bond acceptors (Lipinski definition) is 5. The minimum atomic E-state index is -0.490. The van der Waals surface area contributed by atoms with Crippen molar-refractivity contribution in [2.24, 2.45) is 4.99 Å². The fourth-order valence-corrected chi connectivity index (χ4v) is 5.17. The lowest BCUT2D eigenvalue weighted by molar-refractivity contribution is -0.121. The van der Waals surface area contributed by atoms with Gasteiger partial charge >= 0.3 is 0 Å². The van der Waals surface area contributed by atoms with Gasteiger partial charge in [-0.25, -0.2) is 0 Å². The highest BCUT2D eigenvalue weighted by atomic mass is 35.5. The number of carbonyl (C=O) groups excluding carboxylic acids is 3. The van der Waals surface area contributed by atoms with E-state index < -0.39 is 5.25 Å². The van der Waals surface area contributed by atoms with Gasteiger partial charge in [-0.15, -0.1) is 0 Å². The summed E-state index contributed by atoms with van der Waals surface area (Å²) in [5.74, 6) is -0.715. The molecule has 1 fully saturated rings. The van der Waals surface area contributed by atoms with Gasteiger partial charge in [0.25, 0.3) is 11.8 Å². The van der Waals surface area contributed by atoms with Gasteiger partial charge in [-0.1, -0.05) is 35.5 Å². The molecule has 0 aromatic heterocycles. The molecular formula is C25H27ClN4O3S. The Kier molecular flexibility index (Phi) is 7.90. The van der Waals surface area contributed by atoms with Crippen molar-refractivity contribution in [2.45, 2.75) is 43.9 Å². The predicted molar refractivity (Wildman–Crippen MR) is 136 cm³/mol. The van der Waals surface area contributed by atoms with Crippen LogP contribution in [0.15, 0.2) is 53.5 Å². The fourth-order valence-electron chi connectivity index (χ4n) is 3.93. The molecule has 2 aliphatic rings.